The number of para-hydroxylation sites is 1. The number of aromatic nitrogens is 2. The van der Waals surface area contributed by atoms with Crippen LogP contribution in [0.25, 0.3) is 0 Å². The Balaban J connectivity index is 1.23. The van der Waals surface area contributed by atoms with E-state index in [1.165, 1.54) is 4.68 Å². The molecule has 2 aromatic carbocycles. The topological polar surface area (TPSA) is 103 Å². The highest BCUT2D eigenvalue weighted by Crippen LogP contribution is 2.33. The van der Waals surface area contributed by atoms with E-state index in [1.807, 2.05) is 55.5 Å². The van der Waals surface area contributed by atoms with Gasteiger partial charge in [-0.25, -0.2) is 9.59 Å². The van der Waals surface area contributed by atoms with Gasteiger partial charge in [-0.2, -0.15) is 4.68 Å². The molecule has 238 valence electrons. The van der Waals surface area contributed by atoms with Crippen molar-refractivity contribution in [3.63, 3.8) is 0 Å². The minimum absolute atomic E-state index is 0.144. The van der Waals surface area contributed by atoms with E-state index in [0.717, 1.165) is 75.2 Å². The smallest absolute Gasteiger partial charge is 0.435 e. The number of hydrogen-bond acceptors (Lipinski definition) is 7. The molecule has 11 heteroatoms. The third kappa shape index (κ3) is 6.40. The summed E-state index contributed by atoms with van der Waals surface area (Å²) in [5.74, 6) is -0.0535. The molecular weight excluding hydrogens is 570 g/mol. The summed E-state index contributed by atoms with van der Waals surface area (Å²) in [5, 5.41) is 7.46. The predicted molar refractivity (Wildman–Crippen MR) is 174 cm³/mol. The van der Waals surface area contributed by atoms with E-state index in [0.29, 0.717) is 23.4 Å². The lowest BCUT2D eigenvalue weighted by atomic mass is 10.1. The van der Waals surface area contributed by atoms with Crippen molar-refractivity contribution in [3.05, 3.63) is 70.9 Å². The van der Waals surface area contributed by atoms with Crippen LogP contribution in [-0.4, -0.2) is 83.5 Å². The zero-order valence-corrected chi connectivity index (χ0v) is 26.5. The summed E-state index contributed by atoms with van der Waals surface area (Å²) in [5.41, 5.74) is 4.74. The van der Waals surface area contributed by atoms with Gasteiger partial charge in [0.1, 0.15) is 6.10 Å². The molecule has 3 heterocycles. The van der Waals surface area contributed by atoms with Crippen LogP contribution in [0.4, 0.5) is 26.8 Å². The van der Waals surface area contributed by atoms with Gasteiger partial charge in [-0.3, -0.25) is 9.69 Å². The average Bonchev–Trinajstić information content (AvgIpc) is 3.81. The van der Waals surface area contributed by atoms with Crippen molar-refractivity contribution in [2.75, 3.05) is 54.9 Å². The summed E-state index contributed by atoms with van der Waals surface area (Å²) in [6.45, 7) is 8.80. The lowest BCUT2D eigenvalue weighted by Crippen LogP contribution is -2.44. The fraction of sp³-hybridized carbons (Fsp3) is 0.471. The quantitative estimate of drug-likeness (QED) is 0.384. The first kappa shape index (κ1) is 30.6. The normalized spacial score (nSPS) is 17.0. The number of urea groups is 1. The lowest BCUT2D eigenvalue weighted by Gasteiger charge is -2.34. The van der Waals surface area contributed by atoms with Crippen molar-refractivity contribution in [2.45, 2.75) is 65.1 Å². The molecule has 1 saturated carbocycles. The number of carbonyl (C=O) groups is 3. The van der Waals surface area contributed by atoms with Crippen LogP contribution in [0.1, 0.15) is 66.7 Å². The van der Waals surface area contributed by atoms with Crippen molar-refractivity contribution in [2.24, 2.45) is 0 Å². The molecule has 45 heavy (non-hydrogen) atoms. The van der Waals surface area contributed by atoms with Crippen LogP contribution < -0.4 is 15.1 Å². The van der Waals surface area contributed by atoms with E-state index >= 15 is 0 Å². The zero-order valence-electron chi connectivity index (χ0n) is 26.5. The van der Waals surface area contributed by atoms with Gasteiger partial charge in [0.2, 0.25) is 0 Å². The van der Waals surface area contributed by atoms with Crippen molar-refractivity contribution < 1.29 is 19.1 Å². The van der Waals surface area contributed by atoms with E-state index in [2.05, 4.69) is 34.2 Å². The molecule has 2 aliphatic heterocycles. The number of fused-ring (bicyclic) bond motifs is 1. The van der Waals surface area contributed by atoms with Crippen molar-refractivity contribution in [3.8, 4) is 0 Å². The van der Waals surface area contributed by atoms with Crippen molar-refractivity contribution in [1.82, 2.24) is 19.6 Å². The molecule has 0 spiro atoms. The van der Waals surface area contributed by atoms with E-state index in [1.54, 1.807) is 9.80 Å². The van der Waals surface area contributed by atoms with Crippen molar-refractivity contribution in [1.29, 1.82) is 0 Å². The fourth-order valence-electron chi connectivity index (χ4n) is 6.55. The highest BCUT2D eigenvalue weighted by Gasteiger charge is 2.36. The monoisotopic (exact) mass is 613 g/mol. The standard InChI is InChI=1S/C34H43N7O4/c1-4-24-10-6-9-13-29(24)40(5-2)33(43)39-22-28-30(23-39)41(34(44)45-27-11-7-8-12-27)36-31(28)35-32(42)25-14-16-26(17-15-25)38-20-18-37(3)19-21-38/h6,9-10,13-17,27H,4-5,7-8,11-12,18-23H2,1-3H3,(H,35,36,42). The zero-order chi connectivity index (χ0) is 31.5. The summed E-state index contributed by atoms with van der Waals surface area (Å²) in [4.78, 5) is 48.8. The van der Waals surface area contributed by atoms with Gasteiger partial charge in [0.25, 0.3) is 5.91 Å². The molecular formula is C34H43N7O4. The van der Waals surface area contributed by atoms with Gasteiger partial charge in [-0.1, -0.05) is 25.1 Å². The fourth-order valence-corrected chi connectivity index (χ4v) is 6.55. The lowest BCUT2D eigenvalue weighted by molar-refractivity contribution is 0.0978. The van der Waals surface area contributed by atoms with Gasteiger partial charge in [0.15, 0.2) is 5.82 Å². The van der Waals surface area contributed by atoms with Gasteiger partial charge >= 0.3 is 12.1 Å². The van der Waals surface area contributed by atoms with Crippen LogP contribution in [0.3, 0.4) is 0 Å². The number of hydrogen-bond donors (Lipinski definition) is 1. The minimum Gasteiger partial charge on any atom is -0.445 e. The number of aryl methyl sites for hydroxylation is 1. The number of rotatable bonds is 7. The summed E-state index contributed by atoms with van der Waals surface area (Å²) < 4.78 is 7.03. The summed E-state index contributed by atoms with van der Waals surface area (Å²) >= 11 is 0. The molecule has 11 nitrogen and oxygen atoms in total. The molecule has 0 radical (unpaired) electrons. The van der Waals surface area contributed by atoms with Crippen molar-refractivity contribution >= 4 is 35.2 Å². The number of likely N-dealkylation sites (N-methyl/N-ethyl adjacent to an activating group) is 1. The van der Waals surface area contributed by atoms with E-state index in [9.17, 15) is 14.4 Å². The summed E-state index contributed by atoms with van der Waals surface area (Å²) in [6, 6.07) is 15.3. The first-order valence-electron chi connectivity index (χ1n) is 16.2. The number of amides is 3. The van der Waals surface area contributed by atoms with E-state index < -0.39 is 6.09 Å². The number of benzene rings is 2. The maximum absolute atomic E-state index is 13.9. The van der Waals surface area contributed by atoms with E-state index in [-0.39, 0.29) is 36.9 Å². The van der Waals surface area contributed by atoms with E-state index in [4.69, 9.17) is 4.74 Å². The second kappa shape index (κ2) is 13.3. The molecule has 1 saturated heterocycles. The predicted octanol–water partition coefficient (Wildman–Crippen LogP) is 5.34. The maximum Gasteiger partial charge on any atom is 0.435 e. The highest BCUT2D eigenvalue weighted by atomic mass is 16.6. The number of anilines is 3. The van der Waals surface area contributed by atoms with Gasteiger partial charge in [-0.15, -0.1) is 5.10 Å². The Kier molecular flexibility index (Phi) is 9.07. The molecule has 3 aliphatic rings. The van der Waals surface area contributed by atoms with Crippen LogP contribution >= 0.6 is 0 Å². The molecule has 0 bridgehead atoms. The van der Waals surface area contributed by atoms with Crippen LogP contribution in [0, 0.1) is 0 Å². The Morgan fingerprint density at radius 1 is 0.956 bits per heavy atom. The van der Waals surface area contributed by atoms with Gasteiger partial charge in [0, 0.05) is 55.2 Å². The SMILES string of the molecule is CCc1ccccc1N(CC)C(=O)N1Cc2c(NC(=O)c3ccc(N4CCN(C)CC4)cc3)nn(C(=O)OC3CCCC3)c2C1. The second-order valence-electron chi connectivity index (χ2n) is 12.1. The molecule has 1 aromatic heterocycles. The van der Waals surface area contributed by atoms with Crippen LogP contribution in [0.2, 0.25) is 0 Å². The van der Waals surface area contributed by atoms with Gasteiger partial charge < -0.3 is 24.8 Å². The summed E-state index contributed by atoms with van der Waals surface area (Å²) in [6.07, 6.45) is 3.79. The first-order chi connectivity index (χ1) is 21.9. The Hall–Kier alpha value is -4.38. The number of piperazine rings is 1. The average molecular weight is 614 g/mol. The highest BCUT2D eigenvalue weighted by molar-refractivity contribution is 6.04. The number of nitrogens with zero attached hydrogens (tertiary/aromatic N) is 6. The number of ether oxygens (including phenoxy) is 1. The molecule has 0 atom stereocenters. The number of carbonyl (C=O) groups excluding carboxylic acids is 3. The number of nitrogens with one attached hydrogen (secondary N) is 1. The minimum atomic E-state index is -0.576. The van der Waals surface area contributed by atoms with Crippen LogP contribution in [-0.2, 0) is 24.2 Å². The molecule has 6 rings (SSSR count). The second-order valence-corrected chi connectivity index (χ2v) is 12.1. The largest absolute Gasteiger partial charge is 0.445 e. The van der Waals surface area contributed by atoms with Crippen LogP contribution in [0.5, 0.6) is 0 Å². The Morgan fingerprint density at radius 3 is 2.36 bits per heavy atom. The maximum atomic E-state index is 13.9. The molecule has 1 aliphatic carbocycles. The Labute approximate surface area is 264 Å². The Bertz CT molecular complexity index is 1540. The third-order valence-corrected chi connectivity index (χ3v) is 9.23. The summed E-state index contributed by atoms with van der Waals surface area (Å²) in [7, 11) is 2.12. The van der Waals surface area contributed by atoms with Crippen LogP contribution in [0.15, 0.2) is 48.5 Å². The molecule has 3 amide bonds. The molecule has 0 unspecified atom stereocenters. The molecule has 3 aromatic rings. The Morgan fingerprint density at radius 2 is 1.67 bits per heavy atom. The van der Waals surface area contributed by atoms with Gasteiger partial charge in [-0.05, 0) is 82.0 Å². The van der Waals surface area contributed by atoms with Gasteiger partial charge in [0.05, 0.1) is 18.8 Å². The molecule has 1 N–H and O–H groups in total. The first-order valence-corrected chi connectivity index (χ1v) is 16.2. The third-order valence-electron chi connectivity index (χ3n) is 9.23. The molecule has 2 fully saturated rings.